The van der Waals surface area contributed by atoms with Crippen LogP contribution in [0.5, 0.6) is 0 Å². The van der Waals surface area contributed by atoms with Crippen LogP contribution in [-0.4, -0.2) is 82.4 Å². The van der Waals surface area contributed by atoms with Gasteiger partial charge in [0.15, 0.2) is 0 Å². The van der Waals surface area contributed by atoms with Gasteiger partial charge in [-0.25, -0.2) is 13.1 Å². The molecular formula is C14H27N3O4S. The molecule has 1 amide bonds. The number of likely N-dealkylation sites (tertiary alicyclic amines) is 1. The number of hydrogen-bond donors (Lipinski definition) is 1. The molecule has 2 fully saturated rings. The molecule has 2 heterocycles. The van der Waals surface area contributed by atoms with Crippen LogP contribution in [0.15, 0.2) is 0 Å². The third-order valence-corrected chi connectivity index (χ3v) is 4.96. The first-order valence-electron chi connectivity index (χ1n) is 7.74. The first kappa shape index (κ1) is 17.7. The summed E-state index contributed by atoms with van der Waals surface area (Å²) in [4.78, 5) is 15.9. The van der Waals surface area contributed by atoms with Crippen molar-refractivity contribution in [3.8, 4) is 0 Å². The SMILES string of the molecule is CN(C)CC(=O)N1CC[C@]2(CCC[C@@H](CNS(C)(=O)=O)O2)C1. The molecule has 8 heteroatoms. The highest BCUT2D eigenvalue weighted by atomic mass is 32.2. The van der Waals surface area contributed by atoms with Crippen LogP contribution in [-0.2, 0) is 19.6 Å². The van der Waals surface area contributed by atoms with Gasteiger partial charge in [0, 0.05) is 19.6 Å². The lowest BCUT2D eigenvalue weighted by atomic mass is 9.90. The fraction of sp³-hybridized carbons (Fsp3) is 0.929. The minimum Gasteiger partial charge on any atom is -0.368 e. The Hall–Kier alpha value is -0.700. The van der Waals surface area contributed by atoms with Crippen molar-refractivity contribution in [1.82, 2.24) is 14.5 Å². The summed E-state index contributed by atoms with van der Waals surface area (Å²) in [5.41, 5.74) is -0.288. The molecule has 0 aromatic heterocycles. The van der Waals surface area contributed by atoms with Gasteiger partial charge in [0.1, 0.15) is 0 Å². The second-order valence-corrected chi connectivity index (χ2v) is 8.57. The number of ether oxygens (including phenoxy) is 1. The average molecular weight is 333 g/mol. The van der Waals surface area contributed by atoms with Crippen molar-refractivity contribution >= 4 is 15.9 Å². The van der Waals surface area contributed by atoms with E-state index < -0.39 is 10.0 Å². The number of nitrogens with zero attached hydrogens (tertiary/aromatic N) is 2. The van der Waals surface area contributed by atoms with Gasteiger partial charge in [0.05, 0.1) is 24.5 Å². The number of amides is 1. The van der Waals surface area contributed by atoms with Gasteiger partial charge in [-0.1, -0.05) is 0 Å². The molecule has 0 aliphatic carbocycles. The Morgan fingerprint density at radius 2 is 2.14 bits per heavy atom. The fourth-order valence-corrected chi connectivity index (χ4v) is 3.73. The van der Waals surface area contributed by atoms with Crippen molar-refractivity contribution in [3.63, 3.8) is 0 Å². The smallest absolute Gasteiger partial charge is 0.236 e. The van der Waals surface area contributed by atoms with E-state index in [2.05, 4.69) is 4.72 Å². The minimum atomic E-state index is -3.20. The van der Waals surface area contributed by atoms with Gasteiger partial charge in [0.25, 0.3) is 0 Å². The summed E-state index contributed by atoms with van der Waals surface area (Å²) in [6.07, 6.45) is 4.69. The summed E-state index contributed by atoms with van der Waals surface area (Å²) in [5, 5.41) is 0. The van der Waals surface area contributed by atoms with Crippen molar-refractivity contribution < 1.29 is 17.9 Å². The standard InChI is InChI=1S/C14H27N3O4S/c1-16(2)10-13(18)17-8-7-14(11-17)6-4-5-12(21-14)9-15-22(3,19)20/h12,15H,4-11H2,1-3H3/t12-,14+/m0/s1. The highest BCUT2D eigenvalue weighted by Gasteiger charge is 2.44. The summed E-state index contributed by atoms with van der Waals surface area (Å²) in [7, 11) is 0.569. The van der Waals surface area contributed by atoms with Crippen LogP contribution in [0, 0.1) is 0 Å². The van der Waals surface area contributed by atoms with Crippen molar-refractivity contribution in [2.45, 2.75) is 37.4 Å². The maximum atomic E-state index is 12.2. The maximum absolute atomic E-state index is 12.2. The van der Waals surface area contributed by atoms with Crippen molar-refractivity contribution in [2.75, 3.05) is 46.5 Å². The van der Waals surface area contributed by atoms with Crippen LogP contribution in [0.4, 0.5) is 0 Å². The Balaban J connectivity index is 1.90. The van der Waals surface area contributed by atoms with Gasteiger partial charge in [0.2, 0.25) is 15.9 Å². The summed E-state index contributed by atoms with van der Waals surface area (Å²) >= 11 is 0. The van der Waals surface area contributed by atoms with Gasteiger partial charge < -0.3 is 14.5 Å². The normalized spacial score (nSPS) is 29.5. The largest absolute Gasteiger partial charge is 0.368 e. The zero-order valence-corrected chi connectivity index (χ0v) is 14.5. The summed E-state index contributed by atoms with van der Waals surface area (Å²) < 4.78 is 31.1. The molecule has 0 radical (unpaired) electrons. The zero-order valence-electron chi connectivity index (χ0n) is 13.7. The molecule has 0 saturated carbocycles. The molecule has 0 aromatic rings. The van der Waals surface area contributed by atoms with Gasteiger partial charge in [-0.2, -0.15) is 0 Å². The van der Waals surface area contributed by atoms with E-state index >= 15 is 0 Å². The first-order valence-corrected chi connectivity index (χ1v) is 9.63. The first-order chi connectivity index (χ1) is 10.2. The third kappa shape index (κ3) is 4.91. The van der Waals surface area contributed by atoms with Crippen molar-refractivity contribution in [3.05, 3.63) is 0 Å². The van der Waals surface area contributed by atoms with E-state index in [-0.39, 0.29) is 17.6 Å². The molecule has 128 valence electrons. The predicted octanol–water partition coefficient (Wildman–Crippen LogP) is -0.363. The number of sulfonamides is 1. The van der Waals surface area contributed by atoms with Gasteiger partial charge >= 0.3 is 0 Å². The topological polar surface area (TPSA) is 79.0 Å². The number of likely N-dealkylation sites (N-methyl/N-ethyl adjacent to an activating group) is 1. The summed E-state index contributed by atoms with van der Waals surface area (Å²) in [5.74, 6) is 0.127. The van der Waals surface area contributed by atoms with Crippen molar-refractivity contribution in [2.24, 2.45) is 0 Å². The molecule has 2 rings (SSSR count). The molecule has 0 aromatic carbocycles. The van der Waals surface area contributed by atoms with Crippen LogP contribution in [0.25, 0.3) is 0 Å². The van der Waals surface area contributed by atoms with Crippen LogP contribution in [0.1, 0.15) is 25.7 Å². The van der Waals surface area contributed by atoms with E-state index in [0.717, 1.165) is 38.5 Å². The number of carbonyl (C=O) groups is 1. The Morgan fingerprint density at radius 3 is 2.77 bits per heavy atom. The molecule has 0 bridgehead atoms. The quantitative estimate of drug-likeness (QED) is 0.743. The van der Waals surface area contributed by atoms with Crippen LogP contribution in [0.3, 0.4) is 0 Å². The van der Waals surface area contributed by atoms with E-state index in [9.17, 15) is 13.2 Å². The maximum Gasteiger partial charge on any atom is 0.236 e. The van der Waals surface area contributed by atoms with Gasteiger partial charge in [-0.05, 0) is 39.8 Å². The van der Waals surface area contributed by atoms with Gasteiger partial charge in [-0.15, -0.1) is 0 Å². The van der Waals surface area contributed by atoms with E-state index in [1.54, 1.807) is 0 Å². The predicted molar refractivity (Wildman–Crippen MR) is 84.1 cm³/mol. The second-order valence-electron chi connectivity index (χ2n) is 6.74. The molecule has 1 N–H and O–H groups in total. The lowest BCUT2D eigenvalue weighted by molar-refractivity contribution is -0.138. The summed E-state index contributed by atoms with van der Waals surface area (Å²) in [6.45, 7) is 2.06. The fourth-order valence-electron chi connectivity index (χ4n) is 3.24. The molecular weight excluding hydrogens is 306 g/mol. The highest BCUT2D eigenvalue weighted by Crippen LogP contribution is 2.36. The Bertz CT molecular complexity index is 508. The molecule has 2 aliphatic heterocycles. The monoisotopic (exact) mass is 333 g/mol. The molecule has 1 spiro atoms. The van der Waals surface area contributed by atoms with E-state index in [0.29, 0.717) is 19.6 Å². The summed E-state index contributed by atoms with van der Waals surface area (Å²) in [6, 6.07) is 0. The lowest BCUT2D eigenvalue weighted by Crippen LogP contribution is -2.47. The lowest BCUT2D eigenvalue weighted by Gasteiger charge is -2.38. The molecule has 2 atom stereocenters. The zero-order chi connectivity index (χ0) is 16.4. The van der Waals surface area contributed by atoms with Crippen LogP contribution >= 0.6 is 0 Å². The Labute approximate surface area is 133 Å². The molecule has 2 aliphatic rings. The number of hydrogen-bond acceptors (Lipinski definition) is 5. The van der Waals surface area contributed by atoms with Gasteiger partial charge in [-0.3, -0.25) is 4.79 Å². The van der Waals surface area contributed by atoms with Crippen LogP contribution < -0.4 is 4.72 Å². The highest BCUT2D eigenvalue weighted by molar-refractivity contribution is 7.88. The average Bonchev–Trinajstić information content (AvgIpc) is 2.79. The number of nitrogens with one attached hydrogen (secondary N) is 1. The molecule has 22 heavy (non-hydrogen) atoms. The Morgan fingerprint density at radius 1 is 1.41 bits per heavy atom. The van der Waals surface area contributed by atoms with E-state index in [1.165, 1.54) is 0 Å². The number of carbonyl (C=O) groups excluding carboxylic acids is 1. The molecule has 2 saturated heterocycles. The molecule has 7 nitrogen and oxygen atoms in total. The van der Waals surface area contributed by atoms with Crippen molar-refractivity contribution in [1.29, 1.82) is 0 Å². The third-order valence-electron chi connectivity index (χ3n) is 4.27. The Kier molecular flexibility index (Phi) is 5.47. The van der Waals surface area contributed by atoms with E-state index in [1.807, 2.05) is 23.9 Å². The second kappa shape index (κ2) is 6.82. The minimum absolute atomic E-state index is 0.104. The molecule has 0 unspecified atom stereocenters. The van der Waals surface area contributed by atoms with E-state index in [4.69, 9.17) is 4.74 Å². The number of rotatable bonds is 5. The van der Waals surface area contributed by atoms with Crippen LogP contribution in [0.2, 0.25) is 0 Å².